The summed E-state index contributed by atoms with van der Waals surface area (Å²) < 4.78 is 49.4. The Hall–Kier alpha value is -3.92. The number of hydrogen-bond donors (Lipinski definition) is 2. The molecule has 1 aliphatic heterocycles. The molecule has 1 heterocycles. The van der Waals surface area contributed by atoms with E-state index in [1.807, 2.05) is 0 Å². The van der Waals surface area contributed by atoms with Gasteiger partial charge in [0.1, 0.15) is 24.7 Å². The van der Waals surface area contributed by atoms with Crippen LogP contribution in [0.4, 0.5) is 11.4 Å². The van der Waals surface area contributed by atoms with Crippen LogP contribution in [0.1, 0.15) is 5.56 Å². The molecular formula is C24H24N2O7S. The molecule has 0 saturated carbocycles. The first kappa shape index (κ1) is 23.2. The lowest BCUT2D eigenvalue weighted by Crippen LogP contribution is -2.17. The zero-order chi connectivity index (χ0) is 24.1. The molecule has 0 fully saturated rings. The smallest absolute Gasteiger partial charge is 0.262 e. The molecule has 178 valence electrons. The van der Waals surface area contributed by atoms with Crippen molar-refractivity contribution in [3.8, 4) is 23.0 Å². The van der Waals surface area contributed by atoms with Crippen molar-refractivity contribution >= 4 is 27.3 Å². The highest BCUT2D eigenvalue weighted by molar-refractivity contribution is 7.92. The van der Waals surface area contributed by atoms with Crippen molar-refractivity contribution in [3.05, 3.63) is 66.2 Å². The third kappa shape index (κ3) is 5.34. The van der Waals surface area contributed by atoms with Crippen molar-refractivity contribution in [1.29, 1.82) is 0 Å². The minimum Gasteiger partial charge on any atom is -0.497 e. The molecule has 1 amide bonds. The highest BCUT2D eigenvalue weighted by Gasteiger charge is 2.19. The maximum absolute atomic E-state index is 12.8. The first-order valence-electron chi connectivity index (χ1n) is 10.4. The van der Waals surface area contributed by atoms with Crippen molar-refractivity contribution in [2.45, 2.75) is 11.3 Å². The van der Waals surface area contributed by atoms with Crippen LogP contribution in [-0.4, -0.2) is 41.8 Å². The molecule has 34 heavy (non-hydrogen) atoms. The van der Waals surface area contributed by atoms with Gasteiger partial charge >= 0.3 is 0 Å². The van der Waals surface area contributed by atoms with Crippen LogP contribution in [0.3, 0.4) is 0 Å². The second-order valence-electron chi connectivity index (χ2n) is 7.39. The second-order valence-corrected chi connectivity index (χ2v) is 9.07. The molecule has 0 unspecified atom stereocenters. The van der Waals surface area contributed by atoms with Gasteiger partial charge < -0.3 is 24.3 Å². The Morgan fingerprint density at radius 1 is 0.882 bits per heavy atom. The van der Waals surface area contributed by atoms with E-state index in [9.17, 15) is 13.2 Å². The quantitative estimate of drug-likeness (QED) is 0.504. The van der Waals surface area contributed by atoms with Crippen LogP contribution < -0.4 is 29.0 Å². The number of sulfonamides is 1. The van der Waals surface area contributed by atoms with Gasteiger partial charge in [-0.3, -0.25) is 9.52 Å². The number of carbonyl (C=O) groups excluding carboxylic acids is 1. The Morgan fingerprint density at radius 2 is 1.59 bits per heavy atom. The fourth-order valence-electron chi connectivity index (χ4n) is 3.40. The Labute approximate surface area is 197 Å². The lowest BCUT2D eigenvalue weighted by atomic mass is 10.1. The lowest BCUT2D eigenvalue weighted by Gasteiger charge is -2.19. The summed E-state index contributed by atoms with van der Waals surface area (Å²) in [6.07, 6.45) is 0.103. The Kier molecular flexibility index (Phi) is 6.78. The van der Waals surface area contributed by atoms with Crippen LogP contribution >= 0.6 is 0 Å². The number of anilines is 2. The summed E-state index contributed by atoms with van der Waals surface area (Å²) in [5.41, 5.74) is 1.59. The van der Waals surface area contributed by atoms with E-state index in [-0.39, 0.29) is 17.2 Å². The Bertz CT molecular complexity index is 1290. The van der Waals surface area contributed by atoms with Gasteiger partial charge in [0, 0.05) is 29.1 Å². The summed E-state index contributed by atoms with van der Waals surface area (Å²) >= 11 is 0. The number of nitrogens with one attached hydrogen (secondary N) is 2. The van der Waals surface area contributed by atoms with Gasteiger partial charge in [0.25, 0.3) is 10.0 Å². The van der Waals surface area contributed by atoms with Crippen LogP contribution in [0.2, 0.25) is 0 Å². The molecule has 0 aromatic heterocycles. The number of methoxy groups -OCH3 is 2. The normalized spacial score (nSPS) is 12.5. The predicted octanol–water partition coefficient (Wildman–Crippen LogP) is 3.46. The van der Waals surface area contributed by atoms with Gasteiger partial charge in [-0.1, -0.05) is 6.07 Å². The number of hydrogen-bond acceptors (Lipinski definition) is 7. The standard InChI is InChI=1S/C24H24N2O7S/c1-30-19-8-3-16(22(14-19)31-2)13-24(27)25-17-4-6-18(7-5-17)26-34(28,29)20-9-10-21-23(15-20)33-12-11-32-21/h3-10,14-15,26H,11-13H2,1-2H3,(H,25,27). The van der Waals surface area contributed by atoms with Crippen molar-refractivity contribution in [2.24, 2.45) is 0 Å². The summed E-state index contributed by atoms with van der Waals surface area (Å²) in [6.45, 7) is 0.788. The topological polar surface area (TPSA) is 112 Å². The SMILES string of the molecule is COc1ccc(CC(=O)Nc2ccc(NS(=O)(=O)c3ccc4c(c3)OCCO4)cc2)c(OC)c1. The Balaban J connectivity index is 1.40. The molecular weight excluding hydrogens is 460 g/mol. The van der Waals surface area contributed by atoms with Crippen molar-refractivity contribution < 1.29 is 32.2 Å². The van der Waals surface area contributed by atoms with Gasteiger partial charge in [0.2, 0.25) is 5.91 Å². The fraction of sp³-hybridized carbons (Fsp3) is 0.208. The summed E-state index contributed by atoms with van der Waals surface area (Å²) in [5, 5.41) is 2.79. The molecule has 2 N–H and O–H groups in total. The minimum atomic E-state index is -3.83. The third-order valence-corrected chi connectivity index (χ3v) is 6.47. The highest BCUT2D eigenvalue weighted by Crippen LogP contribution is 2.33. The largest absolute Gasteiger partial charge is 0.497 e. The predicted molar refractivity (Wildman–Crippen MR) is 127 cm³/mol. The van der Waals surface area contributed by atoms with E-state index in [0.29, 0.717) is 53.2 Å². The molecule has 0 atom stereocenters. The van der Waals surface area contributed by atoms with E-state index in [1.54, 1.807) is 55.6 Å². The highest BCUT2D eigenvalue weighted by atomic mass is 32.2. The fourth-order valence-corrected chi connectivity index (χ4v) is 4.48. The maximum atomic E-state index is 12.8. The maximum Gasteiger partial charge on any atom is 0.262 e. The molecule has 9 nitrogen and oxygen atoms in total. The van der Waals surface area contributed by atoms with E-state index >= 15 is 0 Å². The van der Waals surface area contributed by atoms with Gasteiger partial charge in [-0.05, 0) is 42.5 Å². The molecule has 10 heteroatoms. The van der Waals surface area contributed by atoms with E-state index in [2.05, 4.69) is 10.0 Å². The lowest BCUT2D eigenvalue weighted by molar-refractivity contribution is -0.115. The monoisotopic (exact) mass is 484 g/mol. The van der Waals surface area contributed by atoms with Crippen LogP contribution in [0.25, 0.3) is 0 Å². The number of rotatable bonds is 8. The number of benzene rings is 3. The average Bonchev–Trinajstić information content (AvgIpc) is 2.85. The van der Waals surface area contributed by atoms with Crippen LogP contribution in [0.5, 0.6) is 23.0 Å². The third-order valence-electron chi connectivity index (χ3n) is 5.09. The summed E-state index contributed by atoms with van der Waals surface area (Å²) in [7, 11) is -0.749. The molecule has 4 rings (SSSR count). The van der Waals surface area contributed by atoms with E-state index in [0.717, 1.165) is 0 Å². The van der Waals surface area contributed by atoms with E-state index in [1.165, 1.54) is 19.2 Å². The molecule has 0 aliphatic carbocycles. The van der Waals surface area contributed by atoms with Crippen LogP contribution in [0.15, 0.2) is 65.6 Å². The van der Waals surface area contributed by atoms with Gasteiger partial charge in [0.05, 0.1) is 25.5 Å². The van der Waals surface area contributed by atoms with Crippen molar-refractivity contribution in [2.75, 3.05) is 37.5 Å². The first-order chi connectivity index (χ1) is 16.4. The molecule has 0 bridgehead atoms. The van der Waals surface area contributed by atoms with Crippen LogP contribution in [-0.2, 0) is 21.2 Å². The molecule has 0 radical (unpaired) electrons. The summed E-state index contributed by atoms with van der Waals surface area (Å²) in [5.74, 6) is 1.85. The number of ether oxygens (including phenoxy) is 4. The van der Waals surface area contributed by atoms with Crippen LogP contribution in [0, 0.1) is 0 Å². The van der Waals surface area contributed by atoms with Gasteiger partial charge in [-0.2, -0.15) is 0 Å². The first-order valence-corrected chi connectivity index (χ1v) is 11.9. The molecule has 1 aliphatic rings. The van der Waals surface area contributed by atoms with Crippen molar-refractivity contribution in [1.82, 2.24) is 0 Å². The average molecular weight is 485 g/mol. The zero-order valence-electron chi connectivity index (χ0n) is 18.7. The number of amides is 1. The van der Waals surface area contributed by atoms with Crippen molar-refractivity contribution in [3.63, 3.8) is 0 Å². The Morgan fingerprint density at radius 3 is 2.29 bits per heavy atom. The zero-order valence-corrected chi connectivity index (χ0v) is 19.5. The molecule has 3 aromatic carbocycles. The number of carbonyl (C=O) groups is 1. The number of fused-ring (bicyclic) bond motifs is 1. The molecule has 0 spiro atoms. The summed E-state index contributed by atoms with van der Waals surface area (Å²) in [4.78, 5) is 12.5. The van der Waals surface area contributed by atoms with E-state index < -0.39 is 10.0 Å². The second kappa shape index (κ2) is 9.92. The van der Waals surface area contributed by atoms with Gasteiger partial charge in [0.15, 0.2) is 11.5 Å². The van der Waals surface area contributed by atoms with Gasteiger partial charge in [-0.25, -0.2) is 8.42 Å². The van der Waals surface area contributed by atoms with E-state index in [4.69, 9.17) is 18.9 Å². The van der Waals surface area contributed by atoms with Gasteiger partial charge in [-0.15, -0.1) is 0 Å². The molecule has 0 saturated heterocycles. The molecule has 3 aromatic rings. The minimum absolute atomic E-state index is 0.0579. The summed E-state index contributed by atoms with van der Waals surface area (Å²) in [6, 6.07) is 16.1.